The largest absolute Gasteiger partial charge is 0.378 e. The van der Waals surface area contributed by atoms with Crippen molar-refractivity contribution in [3.8, 4) is 0 Å². The first-order valence-corrected chi connectivity index (χ1v) is 6.81. The number of H-pyrrole nitrogens is 1. The lowest BCUT2D eigenvalue weighted by molar-refractivity contribution is 0.101. The minimum absolute atomic E-state index is 0.0274. The predicted octanol–water partition coefficient (Wildman–Crippen LogP) is 4.26. The molecule has 3 rings (SSSR count). The van der Waals surface area contributed by atoms with Gasteiger partial charge in [0.25, 0.3) is 0 Å². The molecule has 0 bridgehead atoms. The first-order chi connectivity index (χ1) is 10.1. The molecule has 2 N–H and O–H groups in total. The van der Waals surface area contributed by atoms with E-state index < -0.39 is 5.82 Å². The Morgan fingerprint density at radius 3 is 2.86 bits per heavy atom. The third-order valence-corrected chi connectivity index (χ3v) is 3.55. The summed E-state index contributed by atoms with van der Waals surface area (Å²) in [4.78, 5) is 15.3. The van der Waals surface area contributed by atoms with Gasteiger partial charge in [0.05, 0.1) is 11.6 Å². The van der Waals surface area contributed by atoms with Crippen molar-refractivity contribution in [3.63, 3.8) is 0 Å². The molecule has 1 aromatic heterocycles. The molecule has 0 atom stereocenters. The highest BCUT2D eigenvalue weighted by Crippen LogP contribution is 2.21. The first kappa shape index (κ1) is 13.6. The monoisotopic (exact) mass is 302 g/mol. The van der Waals surface area contributed by atoms with E-state index in [-0.39, 0.29) is 17.4 Å². The average Bonchev–Trinajstić information content (AvgIpc) is 2.92. The summed E-state index contributed by atoms with van der Waals surface area (Å²) in [6, 6.07) is 11.9. The summed E-state index contributed by atoms with van der Waals surface area (Å²) in [5, 5.41) is 3.87. The van der Waals surface area contributed by atoms with E-state index in [1.165, 1.54) is 12.1 Å². The third-order valence-electron chi connectivity index (χ3n) is 3.26. The number of hydrogen-bond donors (Lipinski definition) is 2. The molecule has 3 nitrogen and oxygen atoms in total. The van der Waals surface area contributed by atoms with Crippen molar-refractivity contribution in [1.82, 2.24) is 4.98 Å². The summed E-state index contributed by atoms with van der Waals surface area (Å²) in [6.07, 6.45) is 1.70. The molecule has 1 heterocycles. The van der Waals surface area contributed by atoms with Gasteiger partial charge in [0, 0.05) is 28.4 Å². The number of para-hydroxylation sites is 1. The maximum absolute atomic E-state index is 13.1. The zero-order valence-corrected chi connectivity index (χ0v) is 11.7. The molecule has 21 heavy (non-hydrogen) atoms. The van der Waals surface area contributed by atoms with Crippen LogP contribution in [0.25, 0.3) is 10.9 Å². The molecule has 0 aliphatic rings. The van der Waals surface area contributed by atoms with Gasteiger partial charge in [0.15, 0.2) is 5.78 Å². The Bertz CT molecular complexity index is 813. The number of rotatable bonds is 4. The highest BCUT2D eigenvalue weighted by atomic mass is 35.5. The molecule has 0 radical (unpaired) electrons. The molecule has 0 aliphatic carbocycles. The zero-order valence-electron chi connectivity index (χ0n) is 11.0. The van der Waals surface area contributed by atoms with Crippen LogP contribution >= 0.6 is 11.6 Å². The average molecular weight is 303 g/mol. The van der Waals surface area contributed by atoms with Gasteiger partial charge in [-0.25, -0.2) is 4.39 Å². The number of benzene rings is 2. The lowest BCUT2D eigenvalue weighted by atomic mass is 10.1. The fourth-order valence-corrected chi connectivity index (χ4v) is 2.37. The predicted molar refractivity (Wildman–Crippen MR) is 82.5 cm³/mol. The number of carbonyl (C=O) groups excluding carboxylic acids is 1. The van der Waals surface area contributed by atoms with Crippen molar-refractivity contribution < 1.29 is 9.18 Å². The van der Waals surface area contributed by atoms with Gasteiger partial charge in [0.1, 0.15) is 5.82 Å². The van der Waals surface area contributed by atoms with Crippen LogP contribution < -0.4 is 5.32 Å². The summed E-state index contributed by atoms with van der Waals surface area (Å²) >= 11 is 5.70. The number of Topliss-reactive ketones (excluding diaryl/α,β-unsaturated/α-hetero) is 1. The smallest absolute Gasteiger partial charge is 0.183 e. The van der Waals surface area contributed by atoms with E-state index in [0.29, 0.717) is 11.3 Å². The van der Waals surface area contributed by atoms with Crippen LogP contribution in [0.1, 0.15) is 10.4 Å². The molecular weight excluding hydrogens is 291 g/mol. The molecular formula is C16H12ClFN2O. The second kappa shape index (κ2) is 5.58. The molecule has 0 spiro atoms. The standard InChI is InChI=1S/C16H12ClFN2O/c17-13-7-10(5-6-14(13)18)19-9-16(21)12-8-20-15-4-2-1-3-11(12)15/h1-8,19-20H,9H2. The Labute approximate surface area is 125 Å². The fourth-order valence-electron chi connectivity index (χ4n) is 2.19. The Hall–Kier alpha value is -2.33. The van der Waals surface area contributed by atoms with Crippen LogP contribution in [0.15, 0.2) is 48.7 Å². The Kier molecular flexibility index (Phi) is 3.62. The minimum atomic E-state index is -0.481. The summed E-state index contributed by atoms with van der Waals surface area (Å²) in [5.74, 6) is -0.530. The number of aromatic nitrogens is 1. The van der Waals surface area contributed by atoms with E-state index >= 15 is 0 Å². The number of fused-ring (bicyclic) bond motifs is 1. The van der Waals surface area contributed by atoms with E-state index in [4.69, 9.17) is 11.6 Å². The van der Waals surface area contributed by atoms with Gasteiger partial charge in [-0.1, -0.05) is 29.8 Å². The number of carbonyl (C=O) groups is 1. The van der Waals surface area contributed by atoms with Crippen molar-refractivity contribution in [1.29, 1.82) is 0 Å². The Balaban J connectivity index is 1.76. The molecule has 0 aliphatic heterocycles. The maximum Gasteiger partial charge on any atom is 0.183 e. The molecule has 5 heteroatoms. The molecule has 2 aromatic carbocycles. The molecule has 106 valence electrons. The summed E-state index contributed by atoms with van der Waals surface area (Å²) in [5.41, 5.74) is 2.16. The molecule has 0 unspecified atom stereocenters. The van der Waals surface area contributed by atoms with E-state index in [9.17, 15) is 9.18 Å². The van der Waals surface area contributed by atoms with Crippen LogP contribution in [0.3, 0.4) is 0 Å². The van der Waals surface area contributed by atoms with Crippen LogP contribution in [0.2, 0.25) is 5.02 Å². The van der Waals surface area contributed by atoms with Gasteiger partial charge in [0.2, 0.25) is 0 Å². The SMILES string of the molecule is O=C(CNc1ccc(F)c(Cl)c1)c1c[nH]c2ccccc12. The number of anilines is 1. The highest BCUT2D eigenvalue weighted by Gasteiger charge is 2.11. The van der Waals surface area contributed by atoms with Crippen LogP contribution in [0.5, 0.6) is 0 Å². The maximum atomic E-state index is 13.1. The van der Waals surface area contributed by atoms with Crippen LogP contribution in [-0.4, -0.2) is 17.3 Å². The Morgan fingerprint density at radius 1 is 1.24 bits per heavy atom. The zero-order chi connectivity index (χ0) is 14.8. The van der Waals surface area contributed by atoms with Gasteiger partial charge >= 0.3 is 0 Å². The number of aromatic amines is 1. The van der Waals surface area contributed by atoms with E-state index in [2.05, 4.69) is 10.3 Å². The normalized spacial score (nSPS) is 10.8. The third kappa shape index (κ3) is 2.76. The van der Waals surface area contributed by atoms with Gasteiger partial charge in [-0.05, 0) is 24.3 Å². The van der Waals surface area contributed by atoms with Gasteiger partial charge in [-0.15, -0.1) is 0 Å². The van der Waals surface area contributed by atoms with Crippen molar-refractivity contribution >= 4 is 34.0 Å². The topological polar surface area (TPSA) is 44.9 Å². The van der Waals surface area contributed by atoms with Gasteiger partial charge in [-0.2, -0.15) is 0 Å². The van der Waals surface area contributed by atoms with Crippen molar-refractivity contribution in [3.05, 3.63) is 65.1 Å². The Morgan fingerprint density at radius 2 is 2.05 bits per heavy atom. The number of nitrogens with one attached hydrogen (secondary N) is 2. The van der Waals surface area contributed by atoms with Gasteiger partial charge in [-0.3, -0.25) is 4.79 Å². The van der Waals surface area contributed by atoms with Crippen LogP contribution in [0.4, 0.5) is 10.1 Å². The van der Waals surface area contributed by atoms with Crippen molar-refractivity contribution in [2.75, 3.05) is 11.9 Å². The van der Waals surface area contributed by atoms with Crippen LogP contribution in [0, 0.1) is 5.82 Å². The molecule has 3 aromatic rings. The first-order valence-electron chi connectivity index (χ1n) is 6.43. The molecule has 0 amide bonds. The lowest BCUT2D eigenvalue weighted by Gasteiger charge is -2.06. The number of hydrogen-bond acceptors (Lipinski definition) is 2. The minimum Gasteiger partial charge on any atom is -0.378 e. The van der Waals surface area contributed by atoms with Crippen molar-refractivity contribution in [2.45, 2.75) is 0 Å². The van der Waals surface area contributed by atoms with Crippen LogP contribution in [-0.2, 0) is 0 Å². The van der Waals surface area contributed by atoms with E-state index in [0.717, 1.165) is 10.9 Å². The second-order valence-electron chi connectivity index (χ2n) is 4.65. The van der Waals surface area contributed by atoms with Gasteiger partial charge < -0.3 is 10.3 Å². The second-order valence-corrected chi connectivity index (χ2v) is 5.06. The van der Waals surface area contributed by atoms with Crippen molar-refractivity contribution in [2.24, 2.45) is 0 Å². The quantitative estimate of drug-likeness (QED) is 0.707. The summed E-state index contributed by atoms with van der Waals surface area (Å²) < 4.78 is 13.1. The molecule has 0 fully saturated rings. The summed E-state index contributed by atoms with van der Waals surface area (Å²) in [7, 11) is 0. The lowest BCUT2D eigenvalue weighted by Crippen LogP contribution is -2.13. The molecule has 0 saturated carbocycles. The van der Waals surface area contributed by atoms with E-state index in [1.807, 2.05) is 24.3 Å². The highest BCUT2D eigenvalue weighted by molar-refractivity contribution is 6.31. The number of halogens is 2. The summed E-state index contributed by atoms with van der Waals surface area (Å²) in [6.45, 7) is 0.115. The fraction of sp³-hybridized carbons (Fsp3) is 0.0625. The number of ketones is 1. The molecule has 0 saturated heterocycles. The van der Waals surface area contributed by atoms with E-state index in [1.54, 1.807) is 12.3 Å².